The summed E-state index contributed by atoms with van der Waals surface area (Å²) in [5.41, 5.74) is 4.43. The van der Waals surface area contributed by atoms with Gasteiger partial charge >= 0.3 is 0 Å². The van der Waals surface area contributed by atoms with Crippen LogP contribution in [0.25, 0.3) is 10.2 Å². The molecule has 0 aliphatic rings. The third-order valence-corrected chi connectivity index (χ3v) is 7.12. The lowest BCUT2D eigenvalue weighted by molar-refractivity contribution is 0.102. The van der Waals surface area contributed by atoms with Gasteiger partial charge in [0, 0.05) is 17.0 Å². The minimum atomic E-state index is -0.226. The third kappa shape index (κ3) is 5.32. The van der Waals surface area contributed by atoms with Gasteiger partial charge in [-0.15, -0.1) is 11.3 Å². The van der Waals surface area contributed by atoms with Gasteiger partial charge in [0.25, 0.3) is 5.91 Å². The van der Waals surface area contributed by atoms with E-state index in [-0.39, 0.29) is 17.1 Å². The summed E-state index contributed by atoms with van der Waals surface area (Å²) in [6, 6.07) is 20.1. The predicted molar refractivity (Wildman–Crippen MR) is 129 cm³/mol. The van der Waals surface area contributed by atoms with Gasteiger partial charge in [-0.3, -0.25) is 4.79 Å². The maximum absolute atomic E-state index is 13.3. The molecule has 4 aromatic rings. The van der Waals surface area contributed by atoms with Gasteiger partial charge in [-0.1, -0.05) is 56.8 Å². The van der Waals surface area contributed by atoms with Crippen molar-refractivity contribution in [2.45, 2.75) is 36.3 Å². The highest BCUT2D eigenvalue weighted by molar-refractivity contribution is 8.00. The second-order valence-electron chi connectivity index (χ2n) is 8.36. The van der Waals surface area contributed by atoms with Crippen molar-refractivity contribution >= 4 is 44.9 Å². The van der Waals surface area contributed by atoms with Gasteiger partial charge < -0.3 is 5.32 Å². The Hall–Kier alpha value is -2.70. The standard InChI is InChI=1S/C25H23FN2OS2/c1-25(2,3)18-9-7-17(8-10-18)23(29)27-20-11-12-21-22(14-20)31-24(28-21)30-15-16-5-4-6-19(26)13-16/h4-14H,15H2,1-3H3,(H,27,29). The number of hydrogen-bond acceptors (Lipinski definition) is 4. The summed E-state index contributed by atoms with van der Waals surface area (Å²) < 4.78 is 15.3. The summed E-state index contributed by atoms with van der Waals surface area (Å²) in [7, 11) is 0. The molecule has 0 aliphatic heterocycles. The molecule has 158 valence electrons. The lowest BCUT2D eigenvalue weighted by Crippen LogP contribution is -2.14. The van der Waals surface area contributed by atoms with Gasteiger partial charge in [-0.25, -0.2) is 9.37 Å². The van der Waals surface area contributed by atoms with Crippen molar-refractivity contribution in [1.29, 1.82) is 0 Å². The highest BCUT2D eigenvalue weighted by Crippen LogP contribution is 2.33. The quantitative estimate of drug-likeness (QED) is 0.325. The Kier molecular flexibility index (Phi) is 6.12. The molecule has 3 aromatic carbocycles. The normalized spacial score (nSPS) is 11.6. The molecule has 0 bridgehead atoms. The van der Waals surface area contributed by atoms with Crippen LogP contribution in [0.3, 0.4) is 0 Å². The summed E-state index contributed by atoms with van der Waals surface area (Å²) >= 11 is 3.15. The lowest BCUT2D eigenvalue weighted by atomic mass is 9.87. The number of rotatable bonds is 5. The molecule has 1 amide bonds. The van der Waals surface area contributed by atoms with Crippen LogP contribution in [0.2, 0.25) is 0 Å². The molecule has 4 rings (SSSR count). The van der Waals surface area contributed by atoms with Gasteiger partial charge in [0.1, 0.15) is 5.82 Å². The van der Waals surface area contributed by atoms with Crippen LogP contribution in [0, 0.1) is 5.82 Å². The van der Waals surface area contributed by atoms with Gasteiger partial charge in [0.05, 0.1) is 10.2 Å². The van der Waals surface area contributed by atoms with Gasteiger partial charge in [0.15, 0.2) is 4.34 Å². The first-order valence-corrected chi connectivity index (χ1v) is 11.8. The molecule has 0 fully saturated rings. The number of amides is 1. The Labute approximate surface area is 189 Å². The van der Waals surface area contributed by atoms with E-state index < -0.39 is 0 Å². The molecule has 31 heavy (non-hydrogen) atoms. The van der Waals surface area contributed by atoms with E-state index in [2.05, 4.69) is 31.1 Å². The lowest BCUT2D eigenvalue weighted by Gasteiger charge is -2.19. The van der Waals surface area contributed by atoms with Crippen molar-refractivity contribution in [1.82, 2.24) is 4.98 Å². The molecule has 3 nitrogen and oxygen atoms in total. The van der Waals surface area contributed by atoms with E-state index in [1.54, 1.807) is 35.2 Å². The van der Waals surface area contributed by atoms with E-state index >= 15 is 0 Å². The number of fused-ring (bicyclic) bond motifs is 1. The molecule has 0 atom stereocenters. The molecule has 0 aliphatic carbocycles. The van der Waals surface area contributed by atoms with Crippen LogP contribution in [0.1, 0.15) is 42.3 Å². The van der Waals surface area contributed by atoms with Gasteiger partial charge in [-0.05, 0) is 59.0 Å². The number of nitrogens with one attached hydrogen (secondary N) is 1. The SMILES string of the molecule is CC(C)(C)c1ccc(C(=O)Nc2ccc3nc(SCc4cccc(F)c4)sc3c2)cc1. The van der Waals surface area contributed by atoms with Crippen LogP contribution in [0.4, 0.5) is 10.1 Å². The van der Waals surface area contributed by atoms with Crippen LogP contribution in [-0.2, 0) is 11.2 Å². The molecule has 0 saturated heterocycles. The molecule has 0 saturated carbocycles. The van der Waals surface area contributed by atoms with Gasteiger partial charge in [-0.2, -0.15) is 0 Å². The first-order valence-electron chi connectivity index (χ1n) is 9.98. The fourth-order valence-electron chi connectivity index (χ4n) is 3.14. The maximum atomic E-state index is 13.3. The Morgan fingerprint density at radius 1 is 1.06 bits per heavy atom. The zero-order valence-electron chi connectivity index (χ0n) is 17.6. The minimum absolute atomic E-state index is 0.0522. The molecule has 1 N–H and O–H groups in total. The number of thioether (sulfide) groups is 1. The second kappa shape index (κ2) is 8.81. The number of aromatic nitrogens is 1. The minimum Gasteiger partial charge on any atom is -0.322 e. The topological polar surface area (TPSA) is 42.0 Å². The van der Waals surface area contributed by atoms with Crippen molar-refractivity contribution < 1.29 is 9.18 Å². The second-order valence-corrected chi connectivity index (χ2v) is 10.6. The summed E-state index contributed by atoms with van der Waals surface area (Å²) in [6.07, 6.45) is 0. The number of benzene rings is 3. The van der Waals surface area contributed by atoms with Crippen molar-refractivity contribution in [2.75, 3.05) is 5.32 Å². The Morgan fingerprint density at radius 2 is 1.84 bits per heavy atom. The van der Waals surface area contributed by atoms with Gasteiger partial charge in [0.2, 0.25) is 0 Å². The number of anilines is 1. The molecule has 0 radical (unpaired) electrons. The van der Waals surface area contributed by atoms with Crippen LogP contribution in [0.5, 0.6) is 0 Å². The number of thiazole rings is 1. The predicted octanol–water partition coefficient (Wildman–Crippen LogP) is 7.28. The van der Waals surface area contributed by atoms with Crippen molar-refractivity contribution in [2.24, 2.45) is 0 Å². The third-order valence-electron chi connectivity index (χ3n) is 4.89. The first kappa shape index (κ1) is 21.5. The highest BCUT2D eigenvalue weighted by Gasteiger charge is 2.15. The van der Waals surface area contributed by atoms with E-state index in [0.29, 0.717) is 11.3 Å². The zero-order valence-corrected chi connectivity index (χ0v) is 19.2. The highest BCUT2D eigenvalue weighted by atomic mass is 32.2. The van der Waals surface area contributed by atoms with E-state index in [1.807, 2.05) is 48.5 Å². The molecule has 6 heteroatoms. The number of nitrogens with zero attached hydrogens (tertiary/aromatic N) is 1. The Morgan fingerprint density at radius 3 is 2.55 bits per heavy atom. The number of halogens is 1. The number of hydrogen-bond donors (Lipinski definition) is 1. The van der Waals surface area contributed by atoms with Crippen LogP contribution < -0.4 is 5.32 Å². The molecule has 0 spiro atoms. The van der Waals surface area contributed by atoms with E-state index in [9.17, 15) is 9.18 Å². The molecule has 1 aromatic heterocycles. The molecular formula is C25H23FN2OS2. The van der Waals surface area contributed by atoms with Crippen LogP contribution in [-0.4, -0.2) is 10.9 Å². The summed E-state index contributed by atoms with van der Waals surface area (Å²) in [5.74, 6) is 0.298. The number of carbonyl (C=O) groups excluding carboxylic acids is 1. The summed E-state index contributed by atoms with van der Waals surface area (Å²) in [4.78, 5) is 17.3. The maximum Gasteiger partial charge on any atom is 0.255 e. The fourth-order valence-corrected chi connectivity index (χ4v) is 5.19. The first-order chi connectivity index (χ1) is 14.8. The monoisotopic (exact) mass is 450 g/mol. The summed E-state index contributed by atoms with van der Waals surface area (Å²) in [5, 5.41) is 2.97. The van der Waals surface area contributed by atoms with E-state index in [0.717, 1.165) is 25.8 Å². The molecule has 0 unspecified atom stereocenters. The van der Waals surface area contributed by atoms with E-state index in [4.69, 9.17) is 0 Å². The largest absolute Gasteiger partial charge is 0.322 e. The Bertz CT molecular complexity index is 1230. The number of carbonyl (C=O) groups is 1. The van der Waals surface area contributed by atoms with E-state index in [1.165, 1.54) is 11.6 Å². The molecule has 1 heterocycles. The summed E-state index contributed by atoms with van der Waals surface area (Å²) in [6.45, 7) is 6.45. The zero-order chi connectivity index (χ0) is 22.0. The van der Waals surface area contributed by atoms with Crippen molar-refractivity contribution in [3.63, 3.8) is 0 Å². The fraction of sp³-hybridized carbons (Fsp3) is 0.200. The average molecular weight is 451 g/mol. The smallest absolute Gasteiger partial charge is 0.255 e. The van der Waals surface area contributed by atoms with Crippen molar-refractivity contribution in [3.05, 3.63) is 89.2 Å². The van der Waals surface area contributed by atoms with Crippen molar-refractivity contribution in [3.8, 4) is 0 Å². The molecular weight excluding hydrogens is 427 g/mol. The van der Waals surface area contributed by atoms with Crippen LogP contribution in [0.15, 0.2) is 71.1 Å². The Balaban J connectivity index is 1.44. The average Bonchev–Trinajstić information content (AvgIpc) is 3.14. The van der Waals surface area contributed by atoms with Crippen LogP contribution >= 0.6 is 23.1 Å².